The van der Waals surface area contributed by atoms with Crippen LogP contribution in [-0.2, 0) is 18.2 Å². The molecule has 3 aromatic rings. The Bertz CT molecular complexity index is 752. The maximum absolute atomic E-state index is 6.21. The fourth-order valence-electron chi connectivity index (χ4n) is 2.73. The van der Waals surface area contributed by atoms with E-state index in [9.17, 15) is 0 Å². The topological polar surface area (TPSA) is 27.1 Å². The van der Waals surface area contributed by atoms with Gasteiger partial charge in [0.25, 0.3) is 0 Å². The van der Waals surface area contributed by atoms with Gasteiger partial charge in [-0.25, -0.2) is 4.98 Å². The molecule has 130 valence electrons. The number of hydrogen-bond donors (Lipinski definition) is 0. The molecule has 5 heteroatoms. The molecule has 2 aromatic carbocycles. The molecular weight excluding hydrogens is 355 g/mol. The number of benzene rings is 2. The van der Waals surface area contributed by atoms with E-state index < -0.39 is 0 Å². The van der Waals surface area contributed by atoms with Crippen LogP contribution in [0, 0.1) is 0 Å². The fourth-order valence-corrected chi connectivity index (χ4v) is 2.98. The molecule has 0 bridgehead atoms. The molecule has 0 fully saturated rings. The first-order valence-corrected chi connectivity index (χ1v) is 8.98. The minimum atomic E-state index is -0.143. The van der Waals surface area contributed by atoms with Crippen LogP contribution in [0.25, 0.3) is 0 Å². The normalized spacial score (nSPS) is 11.2. The molecule has 0 amide bonds. The van der Waals surface area contributed by atoms with Crippen molar-refractivity contribution in [2.45, 2.75) is 18.9 Å². The van der Waals surface area contributed by atoms with Crippen LogP contribution in [0.4, 0.5) is 0 Å². The van der Waals surface area contributed by atoms with Crippen molar-refractivity contribution in [2.75, 3.05) is 6.61 Å². The van der Waals surface area contributed by atoms with E-state index in [1.165, 1.54) is 0 Å². The molecule has 0 radical (unpaired) electrons. The van der Waals surface area contributed by atoms with Gasteiger partial charge in [-0.05, 0) is 41.8 Å². The first kappa shape index (κ1) is 18.0. The summed E-state index contributed by atoms with van der Waals surface area (Å²) in [5.74, 6) is 1.07. The highest BCUT2D eigenvalue weighted by atomic mass is 35.5. The summed E-state index contributed by atoms with van der Waals surface area (Å²) in [7, 11) is 2.01. The highest BCUT2D eigenvalue weighted by Crippen LogP contribution is 2.28. The molecular formula is C20H20Cl2N2O. The molecule has 0 aliphatic carbocycles. The molecule has 3 rings (SSSR count). The van der Waals surface area contributed by atoms with Crippen LogP contribution in [-0.4, -0.2) is 16.2 Å². The van der Waals surface area contributed by atoms with Gasteiger partial charge in [0.15, 0.2) is 0 Å². The van der Waals surface area contributed by atoms with E-state index in [2.05, 4.69) is 4.98 Å². The quantitative estimate of drug-likeness (QED) is 0.513. The van der Waals surface area contributed by atoms with E-state index in [0.29, 0.717) is 16.7 Å². The molecule has 1 aromatic heterocycles. The van der Waals surface area contributed by atoms with Gasteiger partial charge in [-0.2, -0.15) is 0 Å². The number of hydrogen-bond acceptors (Lipinski definition) is 2. The Kier molecular flexibility index (Phi) is 6.14. The lowest BCUT2D eigenvalue weighted by atomic mass is 10.0. The summed E-state index contributed by atoms with van der Waals surface area (Å²) in [6, 6.07) is 15.5. The summed E-state index contributed by atoms with van der Waals surface area (Å²) < 4.78 is 8.25. The predicted molar refractivity (Wildman–Crippen MR) is 102 cm³/mol. The van der Waals surface area contributed by atoms with Gasteiger partial charge in [0.2, 0.25) is 0 Å². The van der Waals surface area contributed by atoms with E-state index in [1.807, 2.05) is 72.5 Å². The highest BCUT2D eigenvalue weighted by Gasteiger charge is 2.15. The van der Waals surface area contributed by atoms with E-state index in [-0.39, 0.29) is 6.10 Å². The van der Waals surface area contributed by atoms with Crippen molar-refractivity contribution >= 4 is 23.2 Å². The van der Waals surface area contributed by atoms with Crippen molar-refractivity contribution < 1.29 is 4.74 Å². The Morgan fingerprint density at radius 3 is 2.00 bits per heavy atom. The molecule has 0 saturated carbocycles. The third kappa shape index (κ3) is 4.85. The zero-order chi connectivity index (χ0) is 17.6. The summed E-state index contributed by atoms with van der Waals surface area (Å²) in [6.45, 7) is 0.642. The summed E-state index contributed by atoms with van der Waals surface area (Å²) >= 11 is 12.0. The molecule has 0 unspecified atom stereocenters. The molecule has 0 N–H and O–H groups in total. The van der Waals surface area contributed by atoms with Crippen molar-refractivity contribution in [3.63, 3.8) is 0 Å². The minimum absolute atomic E-state index is 0.143. The third-order valence-electron chi connectivity index (χ3n) is 4.10. The van der Waals surface area contributed by atoms with E-state index >= 15 is 0 Å². The third-order valence-corrected chi connectivity index (χ3v) is 4.60. The van der Waals surface area contributed by atoms with Gasteiger partial charge in [-0.3, -0.25) is 0 Å². The van der Waals surface area contributed by atoms with E-state index in [4.69, 9.17) is 27.9 Å². The fraction of sp³-hybridized carbons (Fsp3) is 0.250. The van der Waals surface area contributed by atoms with Gasteiger partial charge >= 0.3 is 0 Å². The molecule has 25 heavy (non-hydrogen) atoms. The van der Waals surface area contributed by atoms with Crippen molar-refractivity contribution in [1.29, 1.82) is 0 Å². The first-order valence-electron chi connectivity index (χ1n) is 8.22. The standard InChI is InChI=1S/C20H20Cl2N2O/c1-24-13-12-23-19(24)3-2-14-25-20(15-4-8-17(21)9-5-15)16-6-10-18(22)11-7-16/h4-13,20H,2-3,14H2,1H3. The maximum atomic E-state index is 6.21. The number of imidazole rings is 1. The smallest absolute Gasteiger partial charge is 0.108 e. The Hall–Kier alpha value is -1.81. The summed E-state index contributed by atoms with van der Waals surface area (Å²) in [4.78, 5) is 4.35. The number of rotatable bonds is 7. The molecule has 1 heterocycles. The van der Waals surface area contributed by atoms with Gasteiger partial charge in [0.1, 0.15) is 11.9 Å². The Labute approximate surface area is 158 Å². The van der Waals surface area contributed by atoms with Crippen LogP contribution >= 0.6 is 23.2 Å². The number of ether oxygens (including phenoxy) is 1. The Morgan fingerprint density at radius 1 is 0.960 bits per heavy atom. The molecule has 0 aliphatic rings. The monoisotopic (exact) mass is 374 g/mol. The van der Waals surface area contributed by atoms with Crippen LogP contribution in [0.2, 0.25) is 10.0 Å². The molecule has 0 saturated heterocycles. The zero-order valence-electron chi connectivity index (χ0n) is 14.0. The maximum Gasteiger partial charge on any atom is 0.108 e. The second-order valence-corrected chi connectivity index (χ2v) is 6.78. The van der Waals surface area contributed by atoms with Gasteiger partial charge in [0, 0.05) is 42.5 Å². The Morgan fingerprint density at radius 2 is 1.52 bits per heavy atom. The molecule has 0 spiro atoms. The summed E-state index contributed by atoms with van der Waals surface area (Å²) in [6.07, 6.45) is 5.43. The Balaban J connectivity index is 1.69. The average Bonchev–Trinajstić information content (AvgIpc) is 3.02. The number of halogens is 2. The minimum Gasteiger partial charge on any atom is -0.369 e. The van der Waals surface area contributed by atoms with E-state index in [0.717, 1.165) is 29.8 Å². The van der Waals surface area contributed by atoms with Gasteiger partial charge < -0.3 is 9.30 Å². The molecule has 0 aliphatic heterocycles. The van der Waals surface area contributed by atoms with Crippen LogP contribution in [0.5, 0.6) is 0 Å². The number of aryl methyl sites for hydroxylation is 2. The molecule has 3 nitrogen and oxygen atoms in total. The van der Waals surface area contributed by atoms with Crippen molar-refractivity contribution in [1.82, 2.24) is 9.55 Å². The lowest BCUT2D eigenvalue weighted by Gasteiger charge is -2.19. The first-order chi connectivity index (χ1) is 12.1. The van der Waals surface area contributed by atoms with E-state index in [1.54, 1.807) is 0 Å². The van der Waals surface area contributed by atoms with Crippen LogP contribution in [0.3, 0.4) is 0 Å². The average molecular weight is 375 g/mol. The lowest BCUT2D eigenvalue weighted by molar-refractivity contribution is 0.0780. The zero-order valence-corrected chi connectivity index (χ0v) is 15.5. The lowest BCUT2D eigenvalue weighted by Crippen LogP contribution is -2.09. The van der Waals surface area contributed by atoms with Crippen LogP contribution in [0.15, 0.2) is 60.9 Å². The van der Waals surface area contributed by atoms with Gasteiger partial charge in [-0.1, -0.05) is 47.5 Å². The second-order valence-electron chi connectivity index (χ2n) is 5.91. The number of nitrogens with zero attached hydrogens (tertiary/aromatic N) is 2. The summed E-state index contributed by atoms with van der Waals surface area (Å²) in [5, 5.41) is 1.43. The number of aromatic nitrogens is 2. The highest BCUT2D eigenvalue weighted by molar-refractivity contribution is 6.30. The largest absolute Gasteiger partial charge is 0.369 e. The molecule has 0 atom stereocenters. The van der Waals surface area contributed by atoms with Gasteiger partial charge in [0.05, 0.1) is 0 Å². The van der Waals surface area contributed by atoms with Crippen molar-refractivity contribution in [3.05, 3.63) is 87.9 Å². The van der Waals surface area contributed by atoms with Crippen molar-refractivity contribution in [3.8, 4) is 0 Å². The summed E-state index contributed by atoms with van der Waals surface area (Å²) in [5.41, 5.74) is 2.15. The van der Waals surface area contributed by atoms with Gasteiger partial charge in [-0.15, -0.1) is 0 Å². The second kappa shape index (κ2) is 8.52. The predicted octanol–water partition coefficient (Wildman–Crippen LogP) is 5.47. The van der Waals surface area contributed by atoms with Crippen molar-refractivity contribution in [2.24, 2.45) is 7.05 Å². The van der Waals surface area contributed by atoms with Crippen LogP contribution in [0.1, 0.15) is 29.5 Å². The SMILES string of the molecule is Cn1ccnc1CCCOC(c1ccc(Cl)cc1)c1ccc(Cl)cc1. The van der Waals surface area contributed by atoms with Crippen LogP contribution < -0.4 is 0 Å².